The molecule has 0 atom stereocenters. The molecule has 0 radical (unpaired) electrons. The third kappa shape index (κ3) is 2.57. The van der Waals surface area contributed by atoms with Crippen LogP contribution in [0.5, 0.6) is 0 Å². The number of hydrogen-bond acceptors (Lipinski definition) is 3. The minimum absolute atomic E-state index is 0.0380. The first kappa shape index (κ1) is 10.7. The molecule has 0 bridgehead atoms. The van der Waals surface area contributed by atoms with Gasteiger partial charge in [-0.25, -0.2) is 8.42 Å². The Morgan fingerprint density at radius 3 is 2.71 bits per heavy atom. The van der Waals surface area contributed by atoms with Gasteiger partial charge < -0.3 is 0 Å². The highest BCUT2D eigenvalue weighted by Gasteiger charge is 2.13. The molecule has 74 valence electrons. The summed E-state index contributed by atoms with van der Waals surface area (Å²) < 4.78 is 23.2. The molecule has 0 saturated heterocycles. The molecule has 1 aromatic rings. The lowest BCUT2D eigenvalue weighted by Gasteiger charge is -2.02. The van der Waals surface area contributed by atoms with Crippen LogP contribution in [0.25, 0.3) is 0 Å². The van der Waals surface area contributed by atoms with Crippen molar-refractivity contribution < 1.29 is 8.42 Å². The third-order valence-electron chi connectivity index (χ3n) is 1.83. The van der Waals surface area contributed by atoms with Crippen molar-refractivity contribution in [2.24, 2.45) is 0 Å². The van der Waals surface area contributed by atoms with Crippen molar-refractivity contribution in [2.45, 2.75) is 18.2 Å². The molecule has 0 aliphatic carbocycles. The summed E-state index contributed by atoms with van der Waals surface area (Å²) in [6.07, 6.45) is 0.0380. The number of benzene rings is 1. The number of sulfone groups is 1. The maximum absolute atomic E-state index is 11.6. The molecular weight excluding hydrogens is 198 g/mol. The van der Waals surface area contributed by atoms with Crippen LogP contribution in [0, 0.1) is 18.3 Å². The molecule has 0 aliphatic heterocycles. The zero-order valence-corrected chi connectivity index (χ0v) is 8.71. The van der Waals surface area contributed by atoms with Crippen molar-refractivity contribution >= 4 is 9.84 Å². The highest BCUT2D eigenvalue weighted by atomic mass is 32.2. The van der Waals surface area contributed by atoms with E-state index in [1.807, 2.05) is 19.1 Å². The van der Waals surface area contributed by atoms with Gasteiger partial charge in [-0.05, 0) is 24.6 Å². The lowest BCUT2D eigenvalue weighted by atomic mass is 10.2. The summed E-state index contributed by atoms with van der Waals surface area (Å²) in [4.78, 5) is 0.299. The predicted molar refractivity (Wildman–Crippen MR) is 53.5 cm³/mol. The summed E-state index contributed by atoms with van der Waals surface area (Å²) in [6, 6.07) is 8.54. The van der Waals surface area contributed by atoms with Gasteiger partial charge in [-0.3, -0.25) is 0 Å². The van der Waals surface area contributed by atoms with Gasteiger partial charge in [0.05, 0.1) is 16.7 Å². The number of hydrogen-bond donors (Lipinski definition) is 0. The van der Waals surface area contributed by atoms with Crippen LogP contribution < -0.4 is 0 Å². The fourth-order valence-electron chi connectivity index (χ4n) is 1.11. The molecule has 3 nitrogen and oxygen atoms in total. The molecule has 4 heteroatoms. The van der Waals surface area contributed by atoms with E-state index in [0.717, 1.165) is 5.56 Å². The highest BCUT2D eigenvalue weighted by Crippen LogP contribution is 2.13. The van der Waals surface area contributed by atoms with Gasteiger partial charge in [0, 0.05) is 6.42 Å². The number of nitriles is 1. The largest absolute Gasteiger partial charge is 0.224 e. The average Bonchev–Trinajstić information content (AvgIpc) is 2.15. The topological polar surface area (TPSA) is 57.9 Å². The Morgan fingerprint density at radius 2 is 2.14 bits per heavy atom. The molecule has 14 heavy (non-hydrogen) atoms. The maximum atomic E-state index is 11.6. The van der Waals surface area contributed by atoms with Crippen LogP contribution in [0.3, 0.4) is 0 Å². The van der Waals surface area contributed by atoms with E-state index in [-0.39, 0.29) is 12.2 Å². The van der Waals surface area contributed by atoms with E-state index in [0.29, 0.717) is 4.90 Å². The van der Waals surface area contributed by atoms with Crippen molar-refractivity contribution in [3.05, 3.63) is 29.8 Å². The van der Waals surface area contributed by atoms with Gasteiger partial charge >= 0.3 is 0 Å². The Morgan fingerprint density at radius 1 is 1.43 bits per heavy atom. The molecule has 0 unspecified atom stereocenters. The molecule has 0 saturated carbocycles. The second kappa shape index (κ2) is 4.25. The molecule has 0 heterocycles. The van der Waals surface area contributed by atoms with Crippen LogP contribution >= 0.6 is 0 Å². The first-order chi connectivity index (χ1) is 6.56. The second-order valence-corrected chi connectivity index (χ2v) is 5.15. The Balaban J connectivity index is 3.00. The molecule has 0 spiro atoms. The van der Waals surface area contributed by atoms with Crippen LogP contribution in [-0.2, 0) is 9.84 Å². The monoisotopic (exact) mass is 209 g/mol. The maximum Gasteiger partial charge on any atom is 0.179 e. The Bertz CT molecular complexity index is 457. The molecule has 0 amide bonds. The van der Waals surface area contributed by atoms with Crippen molar-refractivity contribution in [3.63, 3.8) is 0 Å². The van der Waals surface area contributed by atoms with Gasteiger partial charge in [-0.2, -0.15) is 5.26 Å². The van der Waals surface area contributed by atoms with Gasteiger partial charge in [0.2, 0.25) is 0 Å². The summed E-state index contributed by atoms with van der Waals surface area (Å²) in [5, 5.41) is 8.32. The Hall–Kier alpha value is -1.34. The highest BCUT2D eigenvalue weighted by molar-refractivity contribution is 7.91. The predicted octanol–water partition coefficient (Wildman–Crippen LogP) is 1.68. The summed E-state index contributed by atoms with van der Waals surface area (Å²) in [5.74, 6) is -0.104. The number of aryl methyl sites for hydroxylation is 1. The van der Waals surface area contributed by atoms with Gasteiger partial charge in [-0.15, -0.1) is 0 Å². The normalized spacial score (nSPS) is 10.9. The van der Waals surface area contributed by atoms with Crippen LogP contribution in [-0.4, -0.2) is 14.2 Å². The minimum atomic E-state index is -3.27. The Labute approximate surface area is 83.9 Å². The van der Waals surface area contributed by atoms with E-state index in [9.17, 15) is 8.42 Å². The lowest BCUT2D eigenvalue weighted by Crippen LogP contribution is -2.06. The van der Waals surface area contributed by atoms with E-state index in [2.05, 4.69) is 0 Å². The Kier molecular flexibility index (Phi) is 3.26. The quantitative estimate of drug-likeness (QED) is 0.761. The average molecular weight is 209 g/mol. The smallest absolute Gasteiger partial charge is 0.179 e. The van der Waals surface area contributed by atoms with Crippen molar-refractivity contribution in [2.75, 3.05) is 5.75 Å². The second-order valence-electron chi connectivity index (χ2n) is 3.04. The van der Waals surface area contributed by atoms with Gasteiger partial charge in [0.15, 0.2) is 9.84 Å². The van der Waals surface area contributed by atoms with Crippen molar-refractivity contribution in [3.8, 4) is 6.07 Å². The van der Waals surface area contributed by atoms with E-state index >= 15 is 0 Å². The fourth-order valence-corrected chi connectivity index (χ4v) is 2.35. The van der Waals surface area contributed by atoms with Gasteiger partial charge in [0.1, 0.15) is 0 Å². The molecule has 0 aromatic heterocycles. The molecule has 0 N–H and O–H groups in total. The van der Waals surface area contributed by atoms with Crippen LogP contribution in [0.1, 0.15) is 12.0 Å². The third-order valence-corrected chi connectivity index (χ3v) is 3.54. The SMILES string of the molecule is Cc1cccc(S(=O)(=O)CCC#N)c1. The zero-order valence-electron chi connectivity index (χ0n) is 7.90. The minimum Gasteiger partial charge on any atom is -0.224 e. The fraction of sp³-hybridized carbons (Fsp3) is 0.300. The summed E-state index contributed by atoms with van der Waals surface area (Å²) in [6.45, 7) is 1.84. The number of nitrogens with zero attached hydrogens (tertiary/aromatic N) is 1. The van der Waals surface area contributed by atoms with Crippen LogP contribution in [0.2, 0.25) is 0 Å². The van der Waals surface area contributed by atoms with E-state index in [1.54, 1.807) is 18.2 Å². The number of rotatable bonds is 3. The summed E-state index contributed by atoms with van der Waals surface area (Å²) >= 11 is 0. The van der Waals surface area contributed by atoms with E-state index in [4.69, 9.17) is 5.26 Å². The summed E-state index contributed by atoms with van der Waals surface area (Å²) in [7, 11) is -3.27. The first-order valence-corrected chi connectivity index (χ1v) is 5.88. The van der Waals surface area contributed by atoms with Crippen LogP contribution in [0.15, 0.2) is 29.2 Å². The van der Waals surface area contributed by atoms with Crippen molar-refractivity contribution in [1.82, 2.24) is 0 Å². The molecule has 0 fully saturated rings. The van der Waals surface area contributed by atoms with Gasteiger partial charge in [0.25, 0.3) is 0 Å². The van der Waals surface area contributed by atoms with Crippen LogP contribution in [0.4, 0.5) is 0 Å². The zero-order chi connectivity index (χ0) is 10.6. The summed E-state index contributed by atoms with van der Waals surface area (Å²) in [5.41, 5.74) is 0.906. The lowest BCUT2D eigenvalue weighted by molar-refractivity contribution is 0.596. The van der Waals surface area contributed by atoms with E-state index in [1.165, 1.54) is 0 Å². The first-order valence-electron chi connectivity index (χ1n) is 4.22. The van der Waals surface area contributed by atoms with E-state index < -0.39 is 9.84 Å². The van der Waals surface area contributed by atoms with Gasteiger partial charge in [-0.1, -0.05) is 12.1 Å². The molecular formula is C10H11NO2S. The standard InChI is InChI=1S/C10H11NO2S/c1-9-4-2-5-10(8-9)14(12,13)7-3-6-11/h2,4-5,8H,3,7H2,1H3. The molecule has 0 aliphatic rings. The molecule has 1 rings (SSSR count). The molecule has 1 aromatic carbocycles. The van der Waals surface area contributed by atoms with Crippen molar-refractivity contribution in [1.29, 1.82) is 5.26 Å².